The Labute approximate surface area is 139 Å². The first-order valence-electron chi connectivity index (χ1n) is 6.19. The predicted molar refractivity (Wildman–Crippen MR) is 85.2 cm³/mol. The molecule has 0 bridgehead atoms. The van der Waals surface area contributed by atoms with Gasteiger partial charge < -0.3 is 4.74 Å². The number of halogens is 2. The molecule has 1 aliphatic carbocycles. The second-order valence-corrected chi connectivity index (χ2v) is 7.60. The molecule has 108 valence electrons. The Bertz CT molecular complexity index is 723. The Hall–Kier alpha value is -1.17. The number of carbonyl (C=O) groups is 2. The lowest BCUT2D eigenvalue weighted by molar-refractivity contribution is -0.143. The maximum absolute atomic E-state index is 12.5. The summed E-state index contributed by atoms with van der Waals surface area (Å²) in [5.74, 6) is -1.81. The molecule has 21 heavy (non-hydrogen) atoms. The summed E-state index contributed by atoms with van der Waals surface area (Å²) >= 11 is 10.7. The van der Waals surface area contributed by atoms with Gasteiger partial charge in [0.1, 0.15) is 5.92 Å². The fraction of sp³-hybridized carbons (Fsp3) is 0.200. The summed E-state index contributed by atoms with van der Waals surface area (Å²) in [6.07, 6.45) is 0. The van der Waals surface area contributed by atoms with Gasteiger partial charge in [-0.05, 0) is 45.3 Å². The summed E-state index contributed by atoms with van der Waals surface area (Å²) in [6, 6.07) is 9.11. The van der Waals surface area contributed by atoms with E-state index >= 15 is 0 Å². The Morgan fingerprint density at radius 2 is 2.00 bits per heavy atom. The third-order valence-electron chi connectivity index (χ3n) is 3.59. The molecule has 0 aliphatic heterocycles. The van der Waals surface area contributed by atoms with Crippen LogP contribution >= 0.6 is 38.9 Å². The molecule has 0 saturated heterocycles. The van der Waals surface area contributed by atoms with E-state index < -0.39 is 11.9 Å². The lowest BCUT2D eigenvalue weighted by Gasteiger charge is -2.17. The third kappa shape index (κ3) is 2.43. The van der Waals surface area contributed by atoms with E-state index in [2.05, 4.69) is 15.9 Å². The van der Waals surface area contributed by atoms with Crippen molar-refractivity contribution in [2.75, 3.05) is 7.11 Å². The van der Waals surface area contributed by atoms with Gasteiger partial charge in [0.05, 0.1) is 15.8 Å². The average Bonchev–Trinajstić information content (AvgIpc) is 2.96. The molecule has 0 radical (unpaired) electrons. The van der Waals surface area contributed by atoms with Crippen LogP contribution in [0.4, 0.5) is 0 Å². The second kappa shape index (κ2) is 5.55. The van der Waals surface area contributed by atoms with Gasteiger partial charge in [-0.1, -0.05) is 23.7 Å². The lowest BCUT2D eigenvalue weighted by atomic mass is 9.86. The van der Waals surface area contributed by atoms with Crippen molar-refractivity contribution in [3.63, 3.8) is 0 Å². The minimum atomic E-state index is -0.814. The Balaban J connectivity index is 2.14. The smallest absolute Gasteiger partial charge is 0.317 e. The molecule has 1 heterocycles. The minimum absolute atomic E-state index is 0.174. The molecule has 3 rings (SSSR count). The summed E-state index contributed by atoms with van der Waals surface area (Å²) < 4.78 is 5.70. The highest BCUT2D eigenvalue weighted by molar-refractivity contribution is 9.11. The van der Waals surface area contributed by atoms with Crippen molar-refractivity contribution >= 4 is 50.6 Å². The molecule has 2 aromatic rings. The molecular weight excluding hydrogens is 376 g/mol. The Morgan fingerprint density at radius 1 is 1.33 bits per heavy atom. The second-order valence-electron chi connectivity index (χ2n) is 4.73. The maximum atomic E-state index is 12.5. The molecule has 1 aromatic heterocycles. The molecule has 1 aliphatic rings. The molecule has 0 spiro atoms. The molecule has 1 aromatic carbocycles. The molecule has 3 nitrogen and oxygen atoms in total. The van der Waals surface area contributed by atoms with Crippen molar-refractivity contribution in [2.24, 2.45) is 5.92 Å². The first-order chi connectivity index (χ1) is 10.0. The predicted octanol–water partition coefficient (Wildman–Crippen LogP) is 4.28. The van der Waals surface area contributed by atoms with Crippen LogP contribution in [-0.4, -0.2) is 18.9 Å². The number of fused-ring (bicyclic) bond motifs is 1. The molecule has 0 saturated carbocycles. The van der Waals surface area contributed by atoms with E-state index in [0.29, 0.717) is 9.90 Å². The van der Waals surface area contributed by atoms with Gasteiger partial charge in [-0.25, -0.2) is 0 Å². The fourth-order valence-electron chi connectivity index (χ4n) is 2.68. The Kier molecular flexibility index (Phi) is 3.90. The lowest BCUT2D eigenvalue weighted by Crippen LogP contribution is -2.26. The van der Waals surface area contributed by atoms with E-state index in [9.17, 15) is 9.59 Å². The van der Waals surface area contributed by atoms with Crippen molar-refractivity contribution in [1.82, 2.24) is 0 Å². The molecule has 6 heteroatoms. The monoisotopic (exact) mass is 384 g/mol. The van der Waals surface area contributed by atoms with E-state index in [-0.39, 0.29) is 11.7 Å². The molecule has 0 amide bonds. The van der Waals surface area contributed by atoms with Crippen LogP contribution in [0.1, 0.15) is 26.7 Å². The van der Waals surface area contributed by atoms with Crippen LogP contribution in [0.3, 0.4) is 0 Å². The van der Waals surface area contributed by atoms with Gasteiger partial charge in [0.2, 0.25) is 0 Å². The van der Waals surface area contributed by atoms with Crippen molar-refractivity contribution in [1.29, 1.82) is 0 Å². The number of Topliss-reactive ketones (excluding diaryl/α,β-unsaturated/α-hetero) is 1. The quantitative estimate of drug-likeness (QED) is 0.572. The molecule has 0 fully saturated rings. The van der Waals surface area contributed by atoms with Crippen LogP contribution in [0.15, 0.2) is 34.1 Å². The minimum Gasteiger partial charge on any atom is -0.468 e. The first-order valence-corrected chi connectivity index (χ1v) is 8.18. The summed E-state index contributed by atoms with van der Waals surface area (Å²) in [5, 5.41) is 0.615. The van der Waals surface area contributed by atoms with E-state index in [1.807, 2.05) is 18.2 Å². The molecular formula is C15H10BrClO3S. The van der Waals surface area contributed by atoms with Gasteiger partial charge in [0.15, 0.2) is 5.78 Å². The van der Waals surface area contributed by atoms with Crippen LogP contribution < -0.4 is 0 Å². The summed E-state index contributed by atoms with van der Waals surface area (Å²) in [7, 11) is 1.30. The highest BCUT2D eigenvalue weighted by Gasteiger charge is 2.47. The zero-order valence-corrected chi connectivity index (χ0v) is 14.1. The summed E-state index contributed by atoms with van der Waals surface area (Å²) in [5.41, 5.74) is 1.75. The van der Waals surface area contributed by atoms with Gasteiger partial charge in [0.25, 0.3) is 0 Å². The number of rotatable bonds is 2. The summed E-state index contributed by atoms with van der Waals surface area (Å²) in [4.78, 5) is 25.2. The number of ether oxygens (including phenoxy) is 1. The van der Waals surface area contributed by atoms with Crippen LogP contribution in [0.2, 0.25) is 5.02 Å². The number of methoxy groups -OCH3 is 1. The molecule has 0 N–H and O–H groups in total. The maximum Gasteiger partial charge on any atom is 0.317 e. The van der Waals surface area contributed by atoms with Gasteiger partial charge in [0, 0.05) is 10.9 Å². The van der Waals surface area contributed by atoms with Gasteiger partial charge in [-0.2, -0.15) is 0 Å². The van der Waals surface area contributed by atoms with Crippen molar-refractivity contribution < 1.29 is 14.3 Å². The number of benzene rings is 1. The summed E-state index contributed by atoms with van der Waals surface area (Å²) in [6.45, 7) is 0. The van der Waals surface area contributed by atoms with E-state index in [1.54, 1.807) is 12.1 Å². The van der Waals surface area contributed by atoms with E-state index in [1.165, 1.54) is 18.4 Å². The molecule has 0 unspecified atom stereocenters. The number of hydrogen-bond donors (Lipinski definition) is 0. The third-order valence-corrected chi connectivity index (χ3v) is 5.51. The highest BCUT2D eigenvalue weighted by atomic mass is 79.9. The normalized spacial score (nSPS) is 20.4. The van der Waals surface area contributed by atoms with Gasteiger partial charge >= 0.3 is 5.97 Å². The van der Waals surface area contributed by atoms with Crippen LogP contribution in [0.5, 0.6) is 0 Å². The molecule has 2 atom stereocenters. The van der Waals surface area contributed by atoms with Crippen molar-refractivity contribution in [3.8, 4) is 0 Å². The van der Waals surface area contributed by atoms with Crippen LogP contribution in [-0.2, 0) is 9.53 Å². The highest BCUT2D eigenvalue weighted by Crippen LogP contribution is 2.47. The van der Waals surface area contributed by atoms with Crippen molar-refractivity contribution in [2.45, 2.75) is 5.92 Å². The SMILES string of the molecule is COC(=O)[C@H]1C(=O)c2sc(Br)cc2[C@@H]1c1ccc(Cl)cc1. The number of ketones is 1. The van der Waals surface area contributed by atoms with E-state index in [0.717, 1.165) is 14.9 Å². The number of esters is 1. The zero-order chi connectivity index (χ0) is 15.1. The largest absolute Gasteiger partial charge is 0.468 e. The fourth-order valence-corrected chi connectivity index (χ4v) is 4.45. The van der Waals surface area contributed by atoms with Crippen LogP contribution in [0, 0.1) is 5.92 Å². The topological polar surface area (TPSA) is 43.4 Å². The standard InChI is InChI=1S/C15H10BrClO3S/c1-20-15(19)12-11(7-2-4-8(17)5-3-7)9-6-10(16)21-14(9)13(12)18/h2-6,11-12H,1H3/t11-,12+/m0/s1. The van der Waals surface area contributed by atoms with Gasteiger partial charge in [-0.15, -0.1) is 11.3 Å². The number of carbonyl (C=O) groups excluding carboxylic acids is 2. The van der Waals surface area contributed by atoms with Gasteiger partial charge in [-0.3, -0.25) is 9.59 Å². The first kappa shape index (κ1) is 14.8. The Morgan fingerprint density at radius 3 is 2.62 bits per heavy atom. The number of thiophene rings is 1. The average molecular weight is 386 g/mol. The number of hydrogen-bond acceptors (Lipinski definition) is 4. The van der Waals surface area contributed by atoms with E-state index in [4.69, 9.17) is 16.3 Å². The van der Waals surface area contributed by atoms with Crippen molar-refractivity contribution in [3.05, 3.63) is 55.1 Å². The zero-order valence-electron chi connectivity index (χ0n) is 10.9. The van der Waals surface area contributed by atoms with Crippen LogP contribution in [0.25, 0.3) is 0 Å².